The molecule has 1 unspecified atom stereocenters. The smallest absolute Gasteiger partial charge is 0.0157 e. The molecule has 0 aromatic heterocycles. The Morgan fingerprint density at radius 1 is 0.731 bits per heavy atom. The average Bonchev–Trinajstić information content (AvgIpc) is 2.71. The van der Waals surface area contributed by atoms with Crippen LogP contribution in [-0.2, 0) is 0 Å². The van der Waals surface area contributed by atoms with Crippen molar-refractivity contribution < 1.29 is 0 Å². The van der Waals surface area contributed by atoms with Crippen LogP contribution >= 0.6 is 11.8 Å². The summed E-state index contributed by atoms with van der Waals surface area (Å²) in [6.07, 6.45) is 2.47. The molecule has 1 heteroatoms. The molecule has 3 aromatic carbocycles. The Morgan fingerprint density at radius 2 is 1.31 bits per heavy atom. The summed E-state index contributed by atoms with van der Waals surface area (Å²) in [7, 11) is 0. The van der Waals surface area contributed by atoms with Crippen LogP contribution in [0, 0.1) is 0 Å². The zero-order valence-electron chi connectivity index (χ0n) is 16.4. The van der Waals surface area contributed by atoms with Gasteiger partial charge in [0.05, 0.1) is 0 Å². The van der Waals surface area contributed by atoms with Gasteiger partial charge in [-0.3, -0.25) is 0 Å². The quantitative estimate of drug-likeness (QED) is 0.424. The van der Waals surface area contributed by atoms with Crippen molar-refractivity contribution in [2.45, 2.75) is 56.2 Å². The minimum atomic E-state index is 0.613. The van der Waals surface area contributed by atoms with Gasteiger partial charge in [-0.05, 0) is 47.2 Å². The topological polar surface area (TPSA) is 0 Å². The lowest BCUT2D eigenvalue weighted by molar-refractivity contribution is 0.655. The Labute approximate surface area is 163 Å². The maximum atomic E-state index is 2.33. The fourth-order valence-corrected chi connectivity index (χ4v) is 4.10. The van der Waals surface area contributed by atoms with Gasteiger partial charge in [0.25, 0.3) is 0 Å². The SMILES string of the molecule is CC.CCCC(C)c1ccccc1Sc1ccc(-c2ccccc2)cc1. The lowest BCUT2D eigenvalue weighted by atomic mass is 9.97. The van der Waals surface area contributed by atoms with Gasteiger partial charge >= 0.3 is 0 Å². The highest BCUT2D eigenvalue weighted by molar-refractivity contribution is 7.99. The third-order valence-electron chi connectivity index (χ3n) is 4.36. The van der Waals surface area contributed by atoms with E-state index in [1.807, 2.05) is 25.6 Å². The van der Waals surface area contributed by atoms with Gasteiger partial charge in [0.15, 0.2) is 0 Å². The second-order valence-corrected chi connectivity index (χ2v) is 7.34. The van der Waals surface area contributed by atoms with Gasteiger partial charge in [-0.25, -0.2) is 0 Å². The molecule has 0 aliphatic rings. The van der Waals surface area contributed by atoms with Crippen molar-refractivity contribution in [2.24, 2.45) is 0 Å². The van der Waals surface area contributed by atoms with E-state index in [0.717, 1.165) is 0 Å². The molecule has 0 aliphatic heterocycles. The van der Waals surface area contributed by atoms with Gasteiger partial charge in [0.2, 0.25) is 0 Å². The number of hydrogen-bond acceptors (Lipinski definition) is 1. The molecule has 26 heavy (non-hydrogen) atoms. The Hall–Kier alpha value is -1.99. The molecule has 0 nitrogen and oxygen atoms in total. The molecule has 0 aliphatic carbocycles. The van der Waals surface area contributed by atoms with Crippen LogP contribution in [0.15, 0.2) is 88.7 Å². The van der Waals surface area contributed by atoms with E-state index < -0.39 is 0 Å². The molecule has 0 fully saturated rings. The molecule has 0 N–H and O–H groups in total. The summed E-state index contributed by atoms with van der Waals surface area (Å²) < 4.78 is 0. The zero-order chi connectivity index (χ0) is 18.8. The van der Waals surface area contributed by atoms with Crippen molar-refractivity contribution in [2.75, 3.05) is 0 Å². The summed E-state index contributed by atoms with van der Waals surface area (Å²) in [5.41, 5.74) is 4.01. The first kappa shape index (κ1) is 20.3. The van der Waals surface area contributed by atoms with Gasteiger partial charge in [0, 0.05) is 9.79 Å². The van der Waals surface area contributed by atoms with Gasteiger partial charge in [-0.15, -0.1) is 0 Å². The average molecular weight is 363 g/mol. The van der Waals surface area contributed by atoms with Crippen molar-refractivity contribution >= 4 is 11.8 Å². The zero-order valence-corrected chi connectivity index (χ0v) is 17.2. The molecule has 0 saturated heterocycles. The molecule has 1 atom stereocenters. The second-order valence-electron chi connectivity index (χ2n) is 6.22. The summed E-state index contributed by atoms with van der Waals surface area (Å²) in [5, 5.41) is 0. The van der Waals surface area contributed by atoms with E-state index in [2.05, 4.69) is 92.7 Å². The molecule has 136 valence electrons. The third kappa shape index (κ3) is 5.51. The van der Waals surface area contributed by atoms with E-state index in [1.165, 1.54) is 39.3 Å². The van der Waals surface area contributed by atoms with E-state index in [1.54, 1.807) is 0 Å². The Kier molecular flexibility index (Phi) is 8.50. The van der Waals surface area contributed by atoms with Crippen molar-refractivity contribution in [1.29, 1.82) is 0 Å². The van der Waals surface area contributed by atoms with Crippen LogP contribution in [0.1, 0.15) is 52.0 Å². The molecular weight excluding hydrogens is 332 g/mol. The van der Waals surface area contributed by atoms with E-state index in [4.69, 9.17) is 0 Å². The van der Waals surface area contributed by atoms with Crippen LogP contribution in [0.25, 0.3) is 11.1 Å². The lowest BCUT2D eigenvalue weighted by Gasteiger charge is -2.15. The fourth-order valence-electron chi connectivity index (χ4n) is 3.04. The highest BCUT2D eigenvalue weighted by atomic mass is 32.2. The summed E-state index contributed by atoms with van der Waals surface area (Å²) in [5.74, 6) is 0.613. The van der Waals surface area contributed by atoms with Crippen molar-refractivity contribution in [3.8, 4) is 11.1 Å². The number of rotatable bonds is 6. The molecule has 3 aromatic rings. The summed E-state index contributed by atoms with van der Waals surface area (Å²) >= 11 is 1.87. The molecule has 0 amide bonds. The molecule has 0 bridgehead atoms. The maximum Gasteiger partial charge on any atom is 0.0157 e. The standard InChI is InChI=1S/C23H24S.C2H6/c1-3-9-18(2)22-12-7-8-13-23(22)24-21-16-14-20(15-17-21)19-10-5-4-6-11-19;1-2/h4-8,10-18H,3,9H2,1-2H3;1-2H3. The predicted molar refractivity (Wildman–Crippen MR) is 117 cm³/mol. The Balaban J connectivity index is 0.00000117. The van der Waals surface area contributed by atoms with E-state index in [9.17, 15) is 0 Å². The lowest BCUT2D eigenvalue weighted by Crippen LogP contribution is -1.95. The number of hydrogen-bond donors (Lipinski definition) is 0. The third-order valence-corrected chi connectivity index (χ3v) is 5.46. The predicted octanol–water partition coefficient (Wildman–Crippen LogP) is 8.43. The van der Waals surface area contributed by atoms with Gasteiger partial charge < -0.3 is 0 Å². The first-order valence-corrected chi connectivity index (χ1v) is 10.5. The van der Waals surface area contributed by atoms with Crippen LogP contribution in [0.3, 0.4) is 0 Å². The molecule has 0 saturated carbocycles. The highest BCUT2D eigenvalue weighted by Crippen LogP contribution is 2.36. The summed E-state index contributed by atoms with van der Waals surface area (Å²) in [6.45, 7) is 8.59. The first-order chi connectivity index (χ1) is 12.8. The van der Waals surface area contributed by atoms with Crippen molar-refractivity contribution in [3.05, 3.63) is 84.4 Å². The van der Waals surface area contributed by atoms with Gasteiger partial charge in [-0.1, -0.05) is 107 Å². The monoisotopic (exact) mass is 362 g/mol. The van der Waals surface area contributed by atoms with Gasteiger partial charge in [-0.2, -0.15) is 0 Å². The minimum Gasteiger partial charge on any atom is -0.0898 e. The van der Waals surface area contributed by atoms with Crippen LogP contribution in [0.5, 0.6) is 0 Å². The maximum absolute atomic E-state index is 2.33. The Morgan fingerprint density at radius 3 is 1.96 bits per heavy atom. The molecule has 0 heterocycles. The Bertz CT molecular complexity index is 760. The fraction of sp³-hybridized carbons (Fsp3) is 0.280. The summed E-state index contributed by atoms with van der Waals surface area (Å²) in [4.78, 5) is 2.68. The van der Waals surface area contributed by atoms with E-state index in [-0.39, 0.29) is 0 Å². The minimum absolute atomic E-state index is 0.613. The van der Waals surface area contributed by atoms with E-state index >= 15 is 0 Å². The second kappa shape index (κ2) is 10.9. The van der Waals surface area contributed by atoms with Crippen LogP contribution < -0.4 is 0 Å². The van der Waals surface area contributed by atoms with Crippen molar-refractivity contribution in [3.63, 3.8) is 0 Å². The number of benzene rings is 3. The van der Waals surface area contributed by atoms with Crippen LogP contribution in [0.4, 0.5) is 0 Å². The molecular formula is C25H30S. The highest BCUT2D eigenvalue weighted by Gasteiger charge is 2.10. The first-order valence-electron chi connectivity index (χ1n) is 9.70. The van der Waals surface area contributed by atoms with Crippen molar-refractivity contribution in [1.82, 2.24) is 0 Å². The van der Waals surface area contributed by atoms with E-state index in [0.29, 0.717) is 5.92 Å². The van der Waals surface area contributed by atoms with Crippen LogP contribution in [-0.4, -0.2) is 0 Å². The molecule has 3 rings (SSSR count). The molecule has 0 spiro atoms. The largest absolute Gasteiger partial charge is 0.0898 e. The summed E-state index contributed by atoms with van der Waals surface area (Å²) in [6, 6.07) is 28.3. The van der Waals surface area contributed by atoms with Gasteiger partial charge in [0.1, 0.15) is 0 Å². The molecule has 0 radical (unpaired) electrons. The normalized spacial score (nSPS) is 11.4. The van der Waals surface area contributed by atoms with Crippen LogP contribution in [0.2, 0.25) is 0 Å².